The molecule has 7 nitrogen and oxygen atoms in total. The summed E-state index contributed by atoms with van der Waals surface area (Å²) < 4.78 is 17.0. The van der Waals surface area contributed by atoms with Gasteiger partial charge in [-0.2, -0.15) is 0 Å². The molecule has 0 bridgehead atoms. The fourth-order valence-electron chi connectivity index (χ4n) is 5.20. The van der Waals surface area contributed by atoms with Crippen LogP contribution >= 0.6 is 0 Å². The number of nitrogens with one attached hydrogen (secondary N) is 1. The Kier molecular flexibility index (Phi) is 6.46. The third kappa shape index (κ3) is 4.81. The number of allylic oxidation sites excluding steroid dienone is 3. The summed E-state index contributed by atoms with van der Waals surface area (Å²) in [6.45, 7) is 6.01. The molecule has 0 unspecified atom stereocenters. The molecule has 0 spiro atoms. The Labute approximate surface area is 214 Å². The second-order valence-corrected chi connectivity index (χ2v) is 10.2. The van der Waals surface area contributed by atoms with Gasteiger partial charge >= 0.3 is 5.97 Å². The number of ketones is 1. The maximum atomic E-state index is 13.6. The predicted octanol–water partition coefficient (Wildman–Crippen LogP) is 5.02. The maximum absolute atomic E-state index is 13.6. The number of ether oxygens (including phenoxy) is 2. The van der Waals surface area contributed by atoms with Crippen molar-refractivity contribution in [2.75, 3.05) is 13.2 Å². The highest BCUT2D eigenvalue weighted by molar-refractivity contribution is 6.04. The van der Waals surface area contributed by atoms with Crippen LogP contribution in [0.15, 0.2) is 92.6 Å². The van der Waals surface area contributed by atoms with Crippen molar-refractivity contribution in [3.05, 3.63) is 99.2 Å². The van der Waals surface area contributed by atoms with Crippen molar-refractivity contribution in [1.82, 2.24) is 5.32 Å². The van der Waals surface area contributed by atoms with Gasteiger partial charge in [0.2, 0.25) is 0 Å². The number of Topliss-reactive ketones (excluding diaryl/α,β-unsaturated/α-hetero) is 1. The van der Waals surface area contributed by atoms with Crippen molar-refractivity contribution < 1.29 is 23.5 Å². The Morgan fingerprint density at radius 2 is 1.76 bits per heavy atom. The molecule has 7 heteroatoms. The molecule has 1 aliphatic heterocycles. The minimum absolute atomic E-state index is 0.0104. The average molecular weight is 500 g/mol. The first-order chi connectivity index (χ1) is 17.7. The summed E-state index contributed by atoms with van der Waals surface area (Å²) in [5, 5.41) is 3.68. The summed E-state index contributed by atoms with van der Waals surface area (Å²) in [7, 11) is 0. The van der Waals surface area contributed by atoms with E-state index in [1.807, 2.05) is 44.2 Å². The Balaban J connectivity index is 1.51. The Hall–Kier alpha value is -4.13. The zero-order valence-corrected chi connectivity index (χ0v) is 21.1. The second-order valence-electron chi connectivity index (χ2n) is 10.2. The molecule has 0 radical (unpaired) electrons. The molecule has 1 N–H and O–H groups in total. The summed E-state index contributed by atoms with van der Waals surface area (Å²) in [6, 6.07) is 16.2. The smallest absolute Gasteiger partial charge is 0.336 e. The molecule has 3 aromatic rings. The van der Waals surface area contributed by atoms with Gasteiger partial charge in [0.05, 0.1) is 23.1 Å². The molecule has 190 valence electrons. The molecular weight excluding hydrogens is 470 g/mol. The van der Waals surface area contributed by atoms with Crippen molar-refractivity contribution >= 4 is 22.7 Å². The first-order valence-corrected chi connectivity index (χ1v) is 12.3. The van der Waals surface area contributed by atoms with Crippen LogP contribution in [0.4, 0.5) is 0 Å². The molecule has 2 aliphatic rings. The molecular formula is C30H29NO6. The van der Waals surface area contributed by atoms with Crippen LogP contribution in [-0.2, 0) is 14.3 Å². The summed E-state index contributed by atoms with van der Waals surface area (Å²) >= 11 is 0. The van der Waals surface area contributed by atoms with Gasteiger partial charge in [0.1, 0.15) is 24.5 Å². The fraction of sp³-hybridized carbons (Fsp3) is 0.300. The molecule has 1 aliphatic carbocycles. The van der Waals surface area contributed by atoms with Crippen molar-refractivity contribution in [2.24, 2.45) is 5.41 Å². The lowest BCUT2D eigenvalue weighted by atomic mass is 9.68. The van der Waals surface area contributed by atoms with Crippen molar-refractivity contribution in [1.29, 1.82) is 0 Å². The van der Waals surface area contributed by atoms with E-state index in [2.05, 4.69) is 5.32 Å². The lowest BCUT2D eigenvalue weighted by Crippen LogP contribution is -2.39. The van der Waals surface area contributed by atoms with Gasteiger partial charge in [0.25, 0.3) is 0 Å². The van der Waals surface area contributed by atoms with Crippen LogP contribution < -0.4 is 15.5 Å². The summed E-state index contributed by atoms with van der Waals surface area (Å²) in [5.74, 6) is -0.918. The normalized spacial score (nSPS) is 18.9. The zero-order chi connectivity index (χ0) is 26.2. The van der Waals surface area contributed by atoms with Crippen molar-refractivity contribution in [2.45, 2.75) is 39.5 Å². The number of benzene rings is 2. The topological polar surface area (TPSA) is 94.8 Å². The molecule has 0 saturated carbocycles. The minimum Gasteiger partial charge on any atom is -0.490 e. The van der Waals surface area contributed by atoms with Crippen LogP contribution in [-0.4, -0.2) is 25.0 Å². The molecule has 0 fully saturated rings. The van der Waals surface area contributed by atoms with Gasteiger partial charge in [-0.15, -0.1) is 0 Å². The largest absolute Gasteiger partial charge is 0.490 e. The number of hydrogen-bond acceptors (Lipinski definition) is 7. The van der Waals surface area contributed by atoms with Gasteiger partial charge < -0.3 is 19.2 Å². The van der Waals surface area contributed by atoms with Gasteiger partial charge in [0.15, 0.2) is 11.2 Å². The first kappa shape index (κ1) is 24.6. The number of hydrogen-bond donors (Lipinski definition) is 1. The van der Waals surface area contributed by atoms with Crippen LogP contribution in [0.1, 0.15) is 45.1 Å². The van der Waals surface area contributed by atoms with E-state index in [4.69, 9.17) is 13.9 Å². The number of rotatable bonds is 6. The summed E-state index contributed by atoms with van der Waals surface area (Å²) in [6.07, 6.45) is 2.31. The van der Waals surface area contributed by atoms with Gasteiger partial charge in [0, 0.05) is 29.0 Å². The predicted molar refractivity (Wildman–Crippen MR) is 139 cm³/mol. The molecule has 37 heavy (non-hydrogen) atoms. The summed E-state index contributed by atoms with van der Waals surface area (Å²) in [5.41, 5.74) is 2.12. The number of esters is 1. The van der Waals surface area contributed by atoms with E-state index < -0.39 is 11.9 Å². The van der Waals surface area contributed by atoms with Gasteiger partial charge in [-0.25, -0.2) is 4.79 Å². The zero-order valence-electron chi connectivity index (χ0n) is 21.1. The quantitative estimate of drug-likeness (QED) is 0.376. The molecule has 5 rings (SSSR count). The molecule has 1 aromatic heterocycles. The number of para-hydroxylation sites is 2. The van der Waals surface area contributed by atoms with Crippen LogP contribution in [0, 0.1) is 5.41 Å². The molecule has 0 saturated heterocycles. The molecule has 2 aromatic carbocycles. The Bertz CT molecular complexity index is 1500. The van der Waals surface area contributed by atoms with Crippen LogP contribution in [0.2, 0.25) is 0 Å². The highest BCUT2D eigenvalue weighted by Gasteiger charge is 2.44. The number of carbonyl (C=O) groups excluding carboxylic acids is 2. The number of dihydropyridines is 1. The van der Waals surface area contributed by atoms with E-state index in [1.165, 1.54) is 6.26 Å². The van der Waals surface area contributed by atoms with E-state index in [9.17, 15) is 14.4 Å². The second kappa shape index (κ2) is 9.73. The Morgan fingerprint density at radius 3 is 2.54 bits per heavy atom. The first-order valence-electron chi connectivity index (χ1n) is 12.3. The van der Waals surface area contributed by atoms with Crippen molar-refractivity contribution in [3.8, 4) is 5.75 Å². The standard InChI is InChI=1S/C30H29NO6/c1-18-25(29(34)36-14-13-35-19-9-5-4-6-10-19)26(27-22(31-18)15-30(2,3)16-23(27)32)21-17-37-24-12-8-7-11-20(24)28(21)33/h4-12,17,26,31H,13-16H2,1-3H3/t26-/m1/s1. The summed E-state index contributed by atoms with van der Waals surface area (Å²) in [4.78, 5) is 40.5. The molecule has 0 amide bonds. The number of fused-ring (bicyclic) bond motifs is 1. The lowest BCUT2D eigenvalue weighted by molar-refractivity contribution is -0.140. The SMILES string of the molecule is CC1=C(C(=O)OCCOc2ccccc2)[C@@H](c2coc3ccccc3c2=O)C2=C(CC(C)(C)CC2=O)N1. The van der Waals surface area contributed by atoms with Crippen LogP contribution in [0.25, 0.3) is 11.0 Å². The monoisotopic (exact) mass is 499 g/mol. The average Bonchev–Trinajstić information content (AvgIpc) is 2.86. The third-order valence-electron chi connectivity index (χ3n) is 6.81. The van der Waals surface area contributed by atoms with E-state index in [1.54, 1.807) is 31.2 Å². The lowest BCUT2D eigenvalue weighted by Gasteiger charge is -2.39. The van der Waals surface area contributed by atoms with E-state index in [0.29, 0.717) is 40.8 Å². The molecule has 2 heterocycles. The third-order valence-corrected chi connectivity index (χ3v) is 6.81. The van der Waals surface area contributed by atoms with E-state index >= 15 is 0 Å². The van der Waals surface area contributed by atoms with E-state index in [-0.39, 0.29) is 41.0 Å². The van der Waals surface area contributed by atoms with Crippen molar-refractivity contribution in [3.63, 3.8) is 0 Å². The highest BCUT2D eigenvalue weighted by Crippen LogP contribution is 2.46. The van der Waals surface area contributed by atoms with Gasteiger partial charge in [-0.1, -0.05) is 44.2 Å². The number of carbonyl (C=O) groups is 2. The van der Waals surface area contributed by atoms with Crippen LogP contribution in [0.5, 0.6) is 5.75 Å². The fourth-order valence-corrected chi connectivity index (χ4v) is 5.20. The Morgan fingerprint density at radius 1 is 1.03 bits per heavy atom. The van der Waals surface area contributed by atoms with Crippen LogP contribution in [0.3, 0.4) is 0 Å². The molecule has 1 atom stereocenters. The highest BCUT2D eigenvalue weighted by atomic mass is 16.6. The van der Waals surface area contributed by atoms with E-state index in [0.717, 1.165) is 5.70 Å². The van der Waals surface area contributed by atoms with Gasteiger partial charge in [-0.3, -0.25) is 9.59 Å². The maximum Gasteiger partial charge on any atom is 0.336 e. The van der Waals surface area contributed by atoms with Gasteiger partial charge in [-0.05, 0) is 43.0 Å². The minimum atomic E-state index is -0.886.